The van der Waals surface area contributed by atoms with Gasteiger partial charge < -0.3 is 5.32 Å². The fraction of sp³-hybridized carbons (Fsp3) is 0.429. The van der Waals surface area contributed by atoms with Gasteiger partial charge in [-0.05, 0) is 19.0 Å². The Morgan fingerprint density at radius 1 is 1.18 bits per heavy atom. The van der Waals surface area contributed by atoms with Gasteiger partial charge >= 0.3 is 0 Å². The summed E-state index contributed by atoms with van der Waals surface area (Å²) in [7, 11) is 2.01. The molecule has 0 spiro atoms. The smallest absolute Gasteiger partial charge is 0.116 e. The van der Waals surface area contributed by atoms with E-state index in [1.165, 1.54) is 0 Å². The minimum atomic E-state index is 0.452. The Labute approximate surface area is 102 Å². The fourth-order valence-corrected chi connectivity index (χ4v) is 2.10. The molecule has 0 bridgehead atoms. The second-order valence-corrected chi connectivity index (χ2v) is 4.68. The van der Waals surface area contributed by atoms with Crippen LogP contribution in [0.4, 0.5) is 0 Å². The third kappa shape index (κ3) is 2.61. The van der Waals surface area contributed by atoms with Gasteiger partial charge in [-0.25, -0.2) is 9.97 Å². The first-order chi connectivity index (χ1) is 8.22. The summed E-state index contributed by atoms with van der Waals surface area (Å²) in [5.41, 5.74) is 2.15. The highest BCUT2D eigenvalue weighted by Gasteiger charge is 2.14. The van der Waals surface area contributed by atoms with Crippen molar-refractivity contribution in [2.45, 2.75) is 26.3 Å². The molecule has 1 aromatic carbocycles. The Balaban J connectivity index is 2.35. The number of fused-ring (bicyclic) bond motifs is 1. The largest absolute Gasteiger partial charge is 0.316 e. The molecule has 0 aliphatic rings. The molecule has 1 N–H and O–H groups in total. The van der Waals surface area contributed by atoms with Crippen LogP contribution in [-0.4, -0.2) is 23.1 Å². The van der Waals surface area contributed by atoms with Crippen molar-refractivity contribution in [3.8, 4) is 0 Å². The molecule has 2 aromatic rings. The third-order valence-corrected chi connectivity index (χ3v) is 3.21. The molecule has 1 atom stereocenters. The summed E-state index contributed by atoms with van der Waals surface area (Å²) >= 11 is 0. The molecule has 0 fully saturated rings. The number of likely N-dealkylation sites (N-methyl/N-ethyl adjacent to an activating group) is 1. The van der Waals surface area contributed by atoms with E-state index in [1.807, 2.05) is 25.2 Å². The first-order valence-corrected chi connectivity index (χ1v) is 6.08. The fourth-order valence-electron chi connectivity index (χ4n) is 2.10. The SMILES string of the molecule is CNC(Cc1ncnc2ccccc12)C(C)C. The minimum Gasteiger partial charge on any atom is -0.316 e. The van der Waals surface area contributed by atoms with E-state index in [1.54, 1.807) is 6.33 Å². The van der Waals surface area contributed by atoms with Crippen molar-refractivity contribution in [2.75, 3.05) is 7.05 Å². The first kappa shape index (κ1) is 12.0. The zero-order valence-corrected chi connectivity index (χ0v) is 10.6. The van der Waals surface area contributed by atoms with E-state index in [4.69, 9.17) is 0 Å². The van der Waals surface area contributed by atoms with Gasteiger partial charge in [0.25, 0.3) is 0 Å². The lowest BCUT2D eigenvalue weighted by Crippen LogP contribution is -2.33. The van der Waals surface area contributed by atoms with Crippen molar-refractivity contribution >= 4 is 10.9 Å². The van der Waals surface area contributed by atoms with Crippen LogP contribution in [0.3, 0.4) is 0 Å². The van der Waals surface area contributed by atoms with E-state index in [9.17, 15) is 0 Å². The Kier molecular flexibility index (Phi) is 3.69. The van der Waals surface area contributed by atoms with Gasteiger partial charge in [-0.2, -0.15) is 0 Å². The van der Waals surface area contributed by atoms with Crippen LogP contribution in [0.1, 0.15) is 19.5 Å². The molecule has 90 valence electrons. The Morgan fingerprint density at radius 3 is 2.65 bits per heavy atom. The number of aromatic nitrogens is 2. The Bertz CT molecular complexity index is 488. The van der Waals surface area contributed by atoms with Crippen LogP contribution in [0.5, 0.6) is 0 Å². The summed E-state index contributed by atoms with van der Waals surface area (Å²) in [5, 5.41) is 4.52. The maximum absolute atomic E-state index is 4.43. The number of para-hydroxylation sites is 1. The number of benzene rings is 1. The van der Waals surface area contributed by atoms with Gasteiger partial charge in [0.15, 0.2) is 0 Å². The van der Waals surface area contributed by atoms with Crippen LogP contribution in [-0.2, 0) is 6.42 Å². The third-order valence-electron chi connectivity index (χ3n) is 3.21. The zero-order chi connectivity index (χ0) is 12.3. The molecule has 0 aliphatic carbocycles. The quantitative estimate of drug-likeness (QED) is 0.875. The normalized spacial score (nSPS) is 13.2. The van der Waals surface area contributed by atoms with Crippen molar-refractivity contribution in [3.63, 3.8) is 0 Å². The van der Waals surface area contributed by atoms with Gasteiger partial charge in [0.2, 0.25) is 0 Å². The number of hydrogen-bond acceptors (Lipinski definition) is 3. The van der Waals surface area contributed by atoms with Crippen molar-refractivity contribution in [3.05, 3.63) is 36.3 Å². The van der Waals surface area contributed by atoms with Crippen LogP contribution in [0, 0.1) is 5.92 Å². The molecule has 0 saturated carbocycles. The maximum atomic E-state index is 4.43. The van der Waals surface area contributed by atoms with Gasteiger partial charge in [-0.1, -0.05) is 32.0 Å². The molecule has 1 aromatic heterocycles. The number of rotatable bonds is 4. The topological polar surface area (TPSA) is 37.8 Å². The predicted molar refractivity (Wildman–Crippen MR) is 70.9 cm³/mol. The predicted octanol–water partition coefficient (Wildman–Crippen LogP) is 2.42. The molecule has 3 heteroatoms. The Hall–Kier alpha value is -1.48. The second-order valence-electron chi connectivity index (χ2n) is 4.68. The summed E-state index contributed by atoms with van der Waals surface area (Å²) in [6.07, 6.45) is 2.60. The lowest BCUT2D eigenvalue weighted by Gasteiger charge is -2.20. The second kappa shape index (κ2) is 5.23. The van der Waals surface area contributed by atoms with E-state index < -0.39 is 0 Å². The van der Waals surface area contributed by atoms with Crippen molar-refractivity contribution in [1.29, 1.82) is 0 Å². The number of hydrogen-bond donors (Lipinski definition) is 1. The molecule has 0 aliphatic heterocycles. The van der Waals surface area contributed by atoms with E-state index in [2.05, 4.69) is 35.2 Å². The first-order valence-electron chi connectivity index (χ1n) is 6.08. The van der Waals surface area contributed by atoms with Crippen LogP contribution >= 0.6 is 0 Å². The molecule has 3 nitrogen and oxygen atoms in total. The summed E-state index contributed by atoms with van der Waals surface area (Å²) in [6, 6.07) is 8.63. The van der Waals surface area contributed by atoms with Crippen molar-refractivity contribution < 1.29 is 0 Å². The summed E-state index contributed by atoms with van der Waals surface area (Å²) < 4.78 is 0. The summed E-state index contributed by atoms with van der Waals surface area (Å²) in [5.74, 6) is 0.591. The molecule has 2 rings (SSSR count). The lowest BCUT2D eigenvalue weighted by molar-refractivity contribution is 0.422. The molecule has 0 amide bonds. The summed E-state index contributed by atoms with van der Waals surface area (Å²) in [4.78, 5) is 8.71. The van der Waals surface area contributed by atoms with E-state index in [0.717, 1.165) is 23.0 Å². The van der Waals surface area contributed by atoms with Crippen LogP contribution in [0.25, 0.3) is 10.9 Å². The summed E-state index contributed by atoms with van der Waals surface area (Å²) in [6.45, 7) is 4.45. The van der Waals surface area contributed by atoms with E-state index >= 15 is 0 Å². The Morgan fingerprint density at radius 2 is 1.94 bits per heavy atom. The molecule has 0 radical (unpaired) electrons. The number of nitrogens with zero attached hydrogens (tertiary/aromatic N) is 2. The van der Waals surface area contributed by atoms with Gasteiger partial charge in [-0.15, -0.1) is 0 Å². The highest BCUT2D eigenvalue weighted by molar-refractivity contribution is 5.80. The van der Waals surface area contributed by atoms with Gasteiger partial charge in [0, 0.05) is 17.8 Å². The molecular formula is C14H19N3. The van der Waals surface area contributed by atoms with Crippen LogP contribution < -0.4 is 5.32 Å². The maximum Gasteiger partial charge on any atom is 0.116 e. The number of nitrogens with one attached hydrogen (secondary N) is 1. The van der Waals surface area contributed by atoms with Crippen molar-refractivity contribution in [2.24, 2.45) is 5.92 Å². The molecule has 0 saturated heterocycles. The monoisotopic (exact) mass is 229 g/mol. The van der Waals surface area contributed by atoms with Gasteiger partial charge in [-0.3, -0.25) is 0 Å². The molecule has 17 heavy (non-hydrogen) atoms. The zero-order valence-electron chi connectivity index (χ0n) is 10.6. The lowest BCUT2D eigenvalue weighted by atomic mass is 9.97. The van der Waals surface area contributed by atoms with Gasteiger partial charge in [0.05, 0.1) is 11.2 Å². The molecule has 1 unspecified atom stereocenters. The van der Waals surface area contributed by atoms with Crippen molar-refractivity contribution in [1.82, 2.24) is 15.3 Å². The average molecular weight is 229 g/mol. The average Bonchev–Trinajstić information content (AvgIpc) is 2.35. The standard InChI is InChI=1S/C14H19N3/c1-10(2)13(15-3)8-14-11-6-4-5-7-12(11)16-9-17-14/h4-7,9-10,13,15H,8H2,1-3H3. The van der Waals surface area contributed by atoms with E-state index in [0.29, 0.717) is 12.0 Å². The highest BCUT2D eigenvalue weighted by Crippen LogP contribution is 2.17. The van der Waals surface area contributed by atoms with E-state index in [-0.39, 0.29) is 0 Å². The highest BCUT2D eigenvalue weighted by atomic mass is 14.9. The molecule has 1 heterocycles. The minimum absolute atomic E-state index is 0.452. The van der Waals surface area contributed by atoms with Crippen LogP contribution in [0.2, 0.25) is 0 Å². The van der Waals surface area contributed by atoms with Gasteiger partial charge in [0.1, 0.15) is 6.33 Å². The molecular weight excluding hydrogens is 210 g/mol. The van der Waals surface area contributed by atoms with Crippen LogP contribution in [0.15, 0.2) is 30.6 Å².